The van der Waals surface area contributed by atoms with Gasteiger partial charge < -0.3 is 14.8 Å². The van der Waals surface area contributed by atoms with E-state index in [1.165, 1.54) is 12.6 Å². The zero-order valence-corrected chi connectivity index (χ0v) is 12.5. The minimum Gasteiger partial charge on any atom is -0.466 e. The van der Waals surface area contributed by atoms with Gasteiger partial charge in [0.25, 0.3) is 5.91 Å². The number of nitrogens with zero attached hydrogens (tertiary/aromatic N) is 3. The lowest BCUT2D eigenvalue weighted by molar-refractivity contribution is 0.0330. The van der Waals surface area contributed by atoms with Crippen LogP contribution in [0.5, 0.6) is 0 Å². The van der Waals surface area contributed by atoms with Gasteiger partial charge in [0, 0.05) is 5.56 Å². The number of hydrogen-bond acceptors (Lipinski definition) is 5. The van der Waals surface area contributed by atoms with E-state index in [-0.39, 0.29) is 12.5 Å². The highest BCUT2D eigenvalue weighted by molar-refractivity contribution is 5.94. The molecule has 0 radical (unpaired) electrons. The molecule has 118 valence electrons. The first-order valence-corrected chi connectivity index (χ1v) is 7.06. The fourth-order valence-electron chi connectivity index (χ4n) is 2.13. The number of carbonyl (C=O) groups is 1. The van der Waals surface area contributed by atoms with E-state index in [4.69, 9.17) is 4.42 Å². The molecule has 1 atom stereocenters. The number of furan rings is 1. The Morgan fingerprint density at radius 3 is 2.74 bits per heavy atom. The van der Waals surface area contributed by atoms with Crippen molar-refractivity contribution in [3.8, 4) is 5.69 Å². The van der Waals surface area contributed by atoms with E-state index < -0.39 is 5.60 Å². The van der Waals surface area contributed by atoms with E-state index in [1.807, 2.05) is 0 Å². The van der Waals surface area contributed by atoms with Crippen molar-refractivity contribution < 1.29 is 14.3 Å². The number of hydrogen-bond donors (Lipinski definition) is 2. The summed E-state index contributed by atoms with van der Waals surface area (Å²) in [5, 5.41) is 17.0. The van der Waals surface area contributed by atoms with Gasteiger partial charge >= 0.3 is 0 Å². The molecule has 0 saturated carbocycles. The van der Waals surface area contributed by atoms with Crippen molar-refractivity contribution in [2.24, 2.45) is 0 Å². The van der Waals surface area contributed by atoms with Crippen LogP contribution in [0.3, 0.4) is 0 Å². The quantitative estimate of drug-likeness (QED) is 0.744. The van der Waals surface area contributed by atoms with E-state index in [2.05, 4.69) is 15.4 Å². The van der Waals surface area contributed by atoms with Crippen LogP contribution in [0.1, 0.15) is 23.0 Å². The molecule has 2 heterocycles. The number of benzene rings is 1. The van der Waals surface area contributed by atoms with E-state index in [0.717, 1.165) is 5.69 Å². The number of nitrogens with one attached hydrogen (secondary N) is 1. The van der Waals surface area contributed by atoms with Crippen LogP contribution in [0.15, 0.2) is 59.7 Å². The number of carbonyl (C=O) groups excluding carboxylic acids is 1. The summed E-state index contributed by atoms with van der Waals surface area (Å²) in [4.78, 5) is 16.0. The van der Waals surface area contributed by atoms with Gasteiger partial charge in [-0.1, -0.05) is 0 Å². The van der Waals surface area contributed by atoms with Gasteiger partial charge in [0.2, 0.25) is 0 Å². The number of rotatable bonds is 5. The summed E-state index contributed by atoms with van der Waals surface area (Å²) >= 11 is 0. The Kier molecular flexibility index (Phi) is 3.94. The lowest BCUT2D eigenvalue weighted by Crippen LogP contribution is -2.38. The maximum atomic E-state index is 12.2. The average molecular weight is 312 g/mol. The Morgan fingerprint density at radius 1 is 1.35 bits per heavy atom. The zero-order chi connectivity index (χ0) is 16.3. The van der Waals surface area contributed by atoms with Crippen LogP contribution < -0.4 is 5.32 Å². The molecule has 0 saturated heterocycles. The second kappa shape index (κ2) is 6.05. The number of aliphatic hydroxyl groups is 1. The molecule has 0 aliphatic rings. The van der Waals surface area contributed by atoms with Crippen LogP contribution in [-0.4, -0.2) is 32.3 Å². The van der Waals surface area contributed by atoms with E-state index in [1.54, 1.807) is 54.3 Å². The molecule has 7 nitrogen and oxygen atoms in total. The van der Waals surface area contributed by atoms with Crippen molar-refractivity contribution in [2.75, 3.05) is 6.54 Å². The number of aromatic nitrogens is 3. The molecule has 0 spiro atoms. The van der Waals surface area contributed by atoms with Gasteiger partial charge in [0.1, 0.15) is 24.0 Å². The van der Waals surface area contributed by atoms with Gasteiger partial charge in [0.15, 0.2) is 0 Å². The first kappa shape index (κ1) is 15.0. The van der Waals surface area contributed by atoms with E-state index >= 15 is 0 Å². The summed E-state index contributed by atoms with van der Waals surface area (Å²) in [7, 11) is 0. The van der Waals surface area contributed by atoms with Crippen molar-refractivity contribution in [3.05, 3.63) is 66.6 Å². The summed E-state index contributed by atoms with van der Waals surface area (Å²) in [6, 6.07) is 10.3. The molecule has 1 aromatic carbocycles. The van der Waals surface area contributed by atoms with Crippen molar-refractivity contribution >= 4 is 5.91 Å². The van der Waals surface area contributed by atoms with Crippen LogP contribution in [0.25, 0.3) is 5.69 Å². The SMILES string of the molecule is CC(O)(CNC(=O)c1ccc(-n2cncn2)cc1)c1ccco1. The second-order valence-electron chi connectivity index (χ2n) is 5.32. The van der Waals surface area contributed by atoms with Crippen LogP contribution >= 0.6 is 0 Å². The standard InChI is InChI=1S/C16H16N4O3/c1-16(22,14-3-2-8-23-14)9-18-15(21)12-4-6-13(7-5-12)20-11-17-10-19-20/h2-8,10-11,22H,9H2,1H3,(H,18,21). The molecule has 3 rings (SSSR count). The predicted molar refractivity (Wildman–Crippen MR) is 82.0 cm³/mol. The summed E-state index contributed by atoms with van der Waals surface area (Å²) in [6.07, 6.45) is 4.50. The van der Waals surface area contributed by atoms with Crippen LogP contribution in [-0.2, 0) is 5.60 Å². The first-order chi connectivity index (χ1) is 11.1. The smallest absolute Gasteiger partial charge is 0.251 e. The highest BCUT2D eigenvalue weighted by Gasteiger charge is 2.26. The van der Waals surface area contributed by atoms with Gasteiger partial charge in [-0.25, -0.2) is 9.67 Å². The topological polar surface area (TPSA) is 93.2 Å². The fraction of sp³-hybridized carbons (Fsp3) is 0.188. The molecule has 3 aromatic rings. The maximum Gasteiger partial charge on any atom is 0.251 e. The lowest BCUT2D eigenvalue weighted by Gasteiger charge is -2.21. The largest absolute Gasteiger partial charge is 0.466 e. The molecule has 23 heavy (non-hydrogen) atoms. The lowest BCUT2D eigenvalue weighted by atomic mass is 10.0. The summed E-state index contributed by atoms with van der Waals surface area (Å²) in [6.45, 7) is 1.63. The van der Waals surface area contributed by atoms with Gasteiger partial charge in [-0.3, -0.25) is 4.79 Å². The Balaban J connectivity index is 1.64. The molecule has 2 N–H and O–H groups in total. The van der Waals surface area contributed by atoms with Crippen molar-refractivity contribution in [1.29, 1.82) is 0 Å². The Hall–Kier alpha value is -2.93. The zero-order valence-electron chi connectivity index (χ0n) is 12.5. The summed E-state index contributed by atoms with van der Waals surface area (Å²) in [5.41, 5.74) is 0.0329. The summed E-state index contributed by atoms with van der Waals surface area (Å²) in [5.74, 6) is 0.126. The van der Waals surface area contributed by atoms with Crippen LogP contribution in [0.2, 0.25) is 0 Å². The Labute approximate surface area is 132 Å². The minimum atomic E-state index is -1.26. The molecular formula is C16H16N4O3. The summed E-state index contributed by atoms with van der Waals surface area (Å²) < 4.78 is 6.78. The van der Waals surface area contributed by atoms with Crippen molar-refractivity contribution in [1.82, 2.24) is 20.1 Å². The van der Waals surface area contributed by atoms with Gasteiger partial charge in [0.05, 0.1) is 18.5 Å². The highest BCUT2D eigenvalue weighted by atomic mass is 16.4. The number of amides is 1. The molecule has 0 aliphatic heterocycles. The maximum absolute atomic E-state index is 12.2. The third-order valence-corrected chi connectivity index (χ3v) is 3.46. The highest BCUT2D eigenvalue weighted by Crippen LogP contribution is 2.20. The van der Waals surface area contributed by atoms with Gasteiger partial charge in [-0.05, 0) is 43.3 Å². The first-order valence-electron chi connectivity index (χ1n) is 7.06. The molecule has 2 aromatic heterocycles. The van der Waals surface area contributed by atoms with E-state index in [0.29, 0.717) is 11.3 Å². The van der Waals surface area contributed by atoms with E-state index in [9.17, 15) is 9.90 Å². The second-order valence-corrected chi connectivity index (χ2v) is 5.32. The van der Waals surface area contributed by atoms with Crippen LogP contribution in [0, 0.1) is 0 Å². The van der Waals surface area contributed by atoms with Crippen LogP contribution in [0.4, 0.5) is 0 Å². The molecular weight excluding hydrogens is 296 g/mol. The average Bonchev–Trinajstić information content (AvgIpc) is 3.26. The monoisotopic (exact) mass is 312 g/mol. The molecule has 1 amide bonds. The third kappa shape index (κ3) is 3.29. The predicted octanol–water partition coefficient (Wildman–Crippen LogP) is 1.50. The van der Waals surface area contributed by atoms with Gasteiger partial charge in [-0.2, -0.15) is 5.10 Å². The Morgan fingerprint density at radius 2 is 2.13 bits per heavy atom. The van der Waals surface area contributed by atoms with Crippen molar-refractivity contribution in [3.63, 3.8) is 0 Å². The molecule has 7 heteroatoms. The van der Waals surface area contributed by atoms with Crippen molar-refractivity contribution in [2.45, 2.75) is 12.5 Å². The fourth-order valence-corrected chi connectivity index (χ4v) is 2.13. The third-order valence-electron chi connectivity index (χ3n) is 3.46. The molecule has 0 bridgehead atoms. The van der Waals surface area contributed by atoms with Gasteiger partial charge in [-0.15, -0.1) is 0 Å². The molecule has 0 fully saturated rings. The Bertz CT molecular complexity index is 762. The normalized spacial score (nSPS) is 13.5. The molecule has 0 aliphatic carbocycles. The molecule has 1 unspecified atom stereocenters. The minimum absolute atomic E-state index is 0.0458.